The fourth-order valence-electron chi connectivity index (χ4n) is 0.902. The number of nitrogens with zero attached hydrogens (tertiary/aromatic N) is 1. The van der Waals surface area contributed by atoms with Crippen molar-refractivity contribution in [2.75, 3.05) is 0 Å². The van der Waals surface area contributed by atoms with Crippen LogP contribution in [-0.2, 0) is 0 Å². The Kier molecular flexibility index (Phi) is 2.31. The van der Waals surface area contributed by atoms with Gasteiger partial charge in [0, 0.05) is 4.88 Å². The molecule has 0 bridgehead atoms. The van der Waals surface area contributed by atoms with Crippen LogP contribution in [0.25, 0.3) is 0 Å². The van der Waals surface area contributed by atoms with Gasteiger partial charge in [-0.3, -0.25) is 0 Å². The smallest absolute Gasteiger partial charge is 0.110 e. The number of nitriles is 1. The summed E-state index contributed by atoms with van der Waals surface area (Å²) in [6.45, 7) is 6.28. The molecule has 0 fully saturated rings. The van der Waals surface area contributed by atoms with Crippen LogP contribution in [-0.4, -0.2) is 0 Å². The van der Waals surface area contributed by atoms with Gasteiger partial charge >= 0.3 is 0 Å². The molecule has 0 aliphatic rings. The molecule has 58 valence electrons. The number of hydrogen-bond donors (Lipinski definition) is 0. The van der Waals surface area contributed by atoms with Crippen LogP contribution >= 0.6 is 11.3 Å². The summed E-state index contributed by atoms with van der Waals surface area (Å²) in [6, 6.07) is 4.29. The van der Waals surface area contributed by atoms with Gasteiger partial charge in [-0.25, -0.2) is 0 Å². The third-order valence-corrected chi connectivity index (χ3v) is 3.05. The summed E-state index contributed by atoms with van der Waals surface area (Å²) in [4.78, 5) is 2.16. The highest BCUT2D eigenvalue weighted by Gasteiger charge is 2.06. The summed E-state index contributed by atoms with van der Waals surface area (Å²) in [5.41, 5.74) is 1.11. The van der Waals surface area contributed by atoms with E-state index in [4.69, 9.17) is 5.26 Å². The van der Waals surface area contributed by atoms with Gasteiger partial charge in [0.1, 0.15) is 10.9 Å². The van der Waals surface area contributed by atoms with E-state index in [1.54, 1.807) is 11.3 Å². The van der Waals surface area contributed by atoms with Crippen LogP contribution < -0.4 is 0 Å². The Morgan fingerprint density at radius 3 is 2.45 bits per heavy atom. The monoisotopic (exact) mass is 165 g/mol. The summed E-state index contributed by atoms with van der Waals surface area (Å²) < 4.78 is 0. The van der Waals surface area contributed by atoms with E-state index in [0.717, 1.165) is 10.4 Å². The highest BCUT2D eigenvalue weighted by atomic mass is 32.1. The Labute approximate surface area is 71.3 Å². The third kappa shape index (κ3) is 1.61. The lowest BCUT2D eigenvalue weighted by Gasteiger charge is -1.96. The Hall–Kier alpha value is -0.810. The molecule has 1 rings (SSSR count). The largest absolute Gasteiger partial charge is 0.192 e. The van der Waals surface area contributed by atoms with Crippen molar-refractivity contribution < 1.29 is 0 Å². The van der Waals surface area contributed by atoms with Crippen molar-refractivity contribution in [3.63, 3.8) is 0 Å². The van der Waals surface area contributed by atoms with Gasteiger partial charge in [-0.05, 0) is 24.5 Å². The molecule has 0 aromatic carbocycles. The lowest BCUT2D eigenvalue weighted by atomic mass is 10.1. The second kappa shape index (κ2) is 3.06. The highest BCUT2D eigenvalue weighted by Crippen LogP contribution is 2.26. The molecule has 0 aliphatic heterocycles. The Morgan fingerprint density at radius 2 is 2.18 bits per heavy atom. The van der Waals surface area contributed by atoms with Crippen molar-refractivity contribution in [3.8, 4) is 6.07 Å². The zero-order valence-corrected chi connectivity index (χ0v) is 7.83. The molecular formula is C9H11NS. The Morgan fingerprint density at radius 1 is 1.55 bits per heavy atom. The summed E-state index contributed by atoms with van der Waals surface area (Å²) in [5, 5.41) is 8.67. The average Bonchev–Trinajstić information content (AvgIpc) is 2.31. The molecule has 0 aliphatic carbocycles. The molecule has 0 atom stereocenters. The van der Waals surface area contributed by atoms with E-state index in [1.165, 1.54) is 4.88 Å². The maximum Gasteiger partial charge on any atom is 0.110 e. The molecule has 0 saturated carbocycles. The third-order valence-electron chi connectivity index (χ3n) is 1.61. The van der Waals surface area contributed by atoms with Crippen molar-refractivity contribution >= 4 is 11.3 Å². The summed E-state index contributed by atoms with van der Waals surface area (Å²) in [7, 11) is 0. The first-order chi connectivity index (χ1) is 5.15. The average molecular weight is 165 g/mol. The summed E-state index contributed by atoms with van der Waals surface area (Å²) in [5.74, 6) is 0.542. The first-order valence-electron chi connectivity index (χ1n) is 3.65. The fourth-order valence-corrected chi connectivity index (χ4v) is 1.87. The molecule has 1 aromatic rings. The molecule has 1 nitrogen and oxygen atoms in total. The SMILES string of the molecule is Cc1cc(C(C)C)sc1C#N. The Balaban J connectivity index is 3.07. The molecule has 1 heterocycles. The molecular weight excluding hydrogens is 154 g/mol. The minimum Gasteiger partial charge on any atom is -0.192 e. The van der Waals surface area contributed by atoms with Crippen LogP contribution in [0.2, 0.25) is 0 Å². The zero-order valence-electron chi connectivity index (χ0n) is 7.01. The van der Waals surface area contributed by atoms with Gasteiger partial charge in [-0.2, -0.15) is 5.26 Å². The maximum atomic E-state index is 8.67. The molecule has 0 N–H and O–H groups in total. The molecule has 0 unspecified atom stereocenters. The molecule has 0 radical (unpaired) electrons. The van der Waals surface area contributed by atoms with E-state index < -0.39 is 0 Å². The number of hydrogen-bond acceptors (Lipinski definition) is 2. The van der Waals surface area contributed by atoms with E-state index in [1.807, 2.05) is 6.92 Å². The van der Waals surface area contributed by atoms with Gasteiger partial charge < -0.3 is 0 Å². The summed E-state index contributed by atoms with van der Waals surface area (Å²) >= 11 is 1.61. The van der Waals surface area contributed by atoms with Crippen molar-refractivity contribution in [1.82, 2.24) is 0 Å². The fraction of sp³-hybridized carbons (Fsp3) is 0.444. The van der Waals surface area contributed by atoms with E-state index >= 15 is 0 Å². The van der Waals surface area contributed by atoms with E-state index in [2.05, 4.69) is 26.0 Å². The lowest BCUT2D eigenvalue weighted by Crippen LogP contribution is -1.77. The van der Waals surface area contributed by atoms with Crippen LogP contribution in [0.3, 0.4) is 0 Å². The first kappa shape index (κ1) is 8.29. The molecule has 0 saturated heterocycles. The zero-order chi connectivity index (χ0) is 8.43. The van der Waals surface area contributed by atoms with Gasteiger partial charge in [0.2, 0.25) is 0 Å². The van der Waals surface area contributed by atoms with Crippen LogP contribution in [0.5, 0.6) is 0 Å². The van der Waals surface area contributed by atoms with Crippen molar-refractivity contribution in [3.05, 3.63) is 21.4 Å². The van der Waals surface area contributed by atoms with Crippen molar-refractivity contribution in [2.45, 2.75) is 26.7 Å². The second-order valence-electron chi connectivity index (χ2n) is 2.93. The van der Waals surface area contributed by atoms with Crippen molar-refractivity contribution in [1.29, 1.82) is 5.26 Å². The second-order valence-corrected chi connectivity index (χ2v) is 4.01. The quantitative estimate of drug-likeness (QED) is 0.627. The minimum absolute atomic E-state index is 0.542. The topological polar surface area (TPSA) is 23.8 Å². The normalized spacial score (nSPS) is 10.1. The molecule has 2 heteroatoms. The predicted octanol–water partition coefficient (Wildman–Crippen LogP) is 3.05. The van der Waals surface area contributed by atoms with Crippen LogP contribution in [0, 0.1) is 18.3 Å². The van der Waals surface area contributed by atoms with Crippen LogP contribution in [0.15, 0.2) is 6.07 Å². The predicted molar refractivity (Wildman–Crippen MR) is 47.9 cm³/mol. The first-order valence-corrected chi connectivity index (χ1v) is 4.47. The van der Waals surface area contributed by atoms with E-state index in [0.29, 0.717) is 5.92 Å². The number of aryl methyl sites for hydroxylation is 1. The van der Waals surface area contributed by atoms with Crippen LogP contribution in [0.4, 0.5) is 0 Å². The van der Waals surface area contributed by atoms with E-state index in [-0.39, 0.29) is 0 Å². The molecule has 11 heavy (non-hydrogen) atoms. The number of thiophene rings is 1. The Bertz CT molecular complexity index is 291. The molecule has 0 amide bonds. The van der Waals surface area contributed by atoms with Crippen LogP contribution in [0.1, 0.15) is 35.1 Å². The number of rotatable bonds is 1. The minimum atomic E-state index is 0.542. The van der Waals surface area contributed by atoms with Gasteiger partial charge in [0.15, 0.2) is 0 Å². The molecule has 0 spiro atoms. The maximum absolute atomic E-state index is 8.67. The standard InChI is InChI=1S/C9H11NS/c1-6(2)8-4-7(3)9(5-10)11-8/h4,6H,1-3H3. The van der Waals surface area contributed by atoms with Gasteiger partial charge in [-0.15, -0.1) is 11.3 Å². The lowest BCUT2D eigenvalue weighted by molar-refractivity contribution is 0.889. The van der Waals surface area contributed by atoms with Gasteiger partial charge in [0.25, 0.3) is 0 Å². The van der Waals surface area contributed by atoms with Crippen molar-refractivity contribution in [2.24, 2.45) is 0 Å². The highest BCUT2D eigenvalue weighted by molar-refractivity contribution is 7.12. The van der Waals surface area contributed by atoms with Gasteiger partial charge in [0.05, 0.1) is 0 Å². The van der Waals surface area contributed by atoms with E-state index in [9.17, 15) is 0 Å². The summed E-state index contributed by atoms with van der Waals surface area (Å²) in [6.07, 6.45) is 0. The molecule has 1 aromatic heterocycles. The van der Waals surface area contributed by atoms with Gasteiger partial charge in [-0.1, -0.05) is 13.8 Å².